The van der Waals surface area contributed by atoms with E-state index in [2.05, 4.69) is 37.4 Å². The van der Waals surface area contributed by atoms with Gasteiger partial charge in [0.1, 0.15) is 5.75 Å². The third-order valence-corrected chi connectivity index (χ3v) is 5.37. The van der Waals surface area contributed by atoms with Crippen LogP contribution in [-0.2, 0) is 4.74 Å². The molecule has 2 aliphatic carbocycles. The Morgan fingerprint density at radius 3 is 2.71 bits per heavy atom. The molecule has 116 valence electrons. The number of hydrogen-bond acceptors (Lipinski definition) is 3. The summed E-state index contributed by atoms with van der Waals surface area (Å²) < 4.78 is 11.5. The molecule has 21 heavy (non-hydrogen) atoms. The lowest BCUT2D eigenvalue weighted by atomic mass is 9.60. The maximum atomic E-state index is 5.99. The largest absolute Gasteiger partial charge is 0.495 e. The number of aryl methyl sites for hydroxylation is 1. The summed E-state index contributed by atoms with van der Waals surface area (Å²) in [5.74, 6) is 0.939. The van der Waals surface area contributed by atoms with Crippen molar-refractivity contribution in [3.63, 3.8) is 0 Å². The van der Waals surface area contributed by atoms with Crippen LogP contribution >= 0.6 is 0 Å². The van der Waals surface area contributed by atoms with Crippen LogP contribution in [0.15, 0.2) is 18.2 Å². The molecule has 0 heterocycles. The number of benzene rings is 1. The molecule has 1 spiro atoms. The summed E-state index contributed by atoms with van der Waals surface area (Å²) in [5.41, 5.74) is 2.74. The molecule has 3 rings (SSSR count). The SMILES string of the molecule is CCOC1CC(Nc2cc(C)ccc2OC)C12CCCC2. The molecule has 0 amide bonds. The minimum Gasteiger partial charge on any atom is -0.495 e. The molecular weight excluding hydrogens is 262 g/mol. The van der Waals surface area contributed by atoms with E-state index in [1.165, 1.54) is 31.2 Å². The molecule has 1 N–H and O–H groups in total. The summed E-state index contributed by atoms with van der Waals surface area (Å²) in [7, 11) is 1.74. The average Bonchev–Trinajstić information content (AvgIpc) is 2.99. The fourth-order valence-corrected chi connectivity index (χ4v) is 4.21. The van der Waals surface area contributed by atoms with Gasteiger partial charge in [0, 0.05) is 18.1 Å². The predicted octanol–water partition coefficient (Wildman–Crippen LogP) is 4.15. The Balaban J connectivity index is 1.78. The van der Waals surface area contributed by atoms with Crippen LogP contribution in [0.3, 0.4) is 0 Å². The van der Waals surface area contributed by atoms with Gasteiger partial charge in [0.05, 0.1) is 18.9 Å². The Morgan fingerprint density at radius 2 is 2.05 bits per heavy atom. The van der Waals surface area contributed by atoms with Gasteiger partial charge in [-0.2, -0.15) is 0 Å². The maximum Gasteiger partial charge on any atom is 0.141 e. The molecule has 0 bridgehead atoms. The molecular formula is C18H27NO2. The van der Waals surface area contributed by atoms with Gasteiger partial charge in [0.2, 0.25) is 0 Å². The Bertz CT molecular complexity index is 494. The number of nitrogens with one attached hydrogen (secondary N) is 1. The van der Waals surface area contributed by atoms with E-state index in [4.69, 9.17) is 9.47 Å². The second kappa shape index (κ2) is 5.88. The lowest BCUT2D eigenvalue weighted by Crippen LogP contribution is -2.60. The molecule has 2 aliphatic rings. The number of hydrogen-bond donors (Lipinski definition) is 1. The molecule has 2 atom stereocenters. The van der Waals surface area contributed by atoms with Gasteiger partial charge in [-0.25, -0.2) is 0 Å². The van der Waals surface area contributed by atoms with Crippen LogP contribution in [0.1, 0.15) is 44.6 Å². The third kappa shape index (κ3) is 2.52. The Hall–Kier alpha value is -1.22. The van der Waals surface area contributed by atoms with E-state index in [0.717, 1.165) is 24.5 Å². The molecule has 0 saturated heterocycles. The summed E-state index contributed by atoms with van der Waals surface area (Å²) >= 11 is 0. The van der Waals surface area contributed by atoms with Crippen molar-refractivity contribution >= 4 is 5.69 Å². The van der Waals surface area contributed by atoms with Crippen molar-refractivity contribution in [3.8, 4) is 5.75 Å². The second-order valence-corrected chi connectivity index (χ2v) is 6.52. The zero-order valence-electron chi connectivity index (χ0n) is 13.4. The summed E-state index contributed by atoms with van der Waals surface area (Å²) in [6.07, 6.45) is 6.83. The number of rotatable bonds is 5. The Morgan fingerprint density at radius 1 is 1.29 bits per heavy atom. The smallest absolute Gasteiger partial charge is 0.141 e. The zero-order valence-corrected chi connectivity index (χ0v) is 13.4. The third-order valence-electron chi connectivity index (χ3n) is 5.37. The Labute approximate surface area is 128 Å². The first-order chi connectivity index (χ1) is 10.2. The van der Waals surface area contributed by atoms with E-state index in [0.29, 0.717) is 17.6 Å². The molecule has 0 aliphatic heterocycles. The number of ether oxygens (including phenoxy) is 2. The first-order valence-corrected chi connectivity index (χ1v) is 8.22. The molecule has 1 aromatic rings. The van der Waals surface area contributed by atoms with Crippen molar-refractivity contribution in [3.05, 3.63) is 23.8 Å². The minimum atomic E-state index is 0.352. The number of anilines is 1. The van der Waals surface area contributed by atoms with E-state index < -0.39 is 0 Å². The van der Waals surface area contributed by atoms with Gasteiger partial charge < -0.3 is 14.8 Å². The molecule has 1 aromatic carbocycles. The van der Waals surface area contributed by atoms with E-state index in [-0.39, 0.29) is 0 Å². The molecule has 3 heteroatoms. The first kappa shape index (κ1) is 14.7. The van der Waals surface area contributed by atoms with Crippen LogP contribution in [-0.4, -0.2) is 25.9 Å². The van der Waals surface area contributed by atoms with Crippen LogP contribution < -0.4 is 10.1 Å². The summed E-state index contributed by atoms with van der Waals surface area (Å²) in [4.78, 5) is 0. The molecule has 2 fully saturated rings. The van der Waals surface area contributed by atoms with Gasteiger partial charge >= 0.3 is 0 Å². The van der Waals surface area contributed by atoms with Crippen LogP contribution in [0.5, 0.6) is 5.75 Å². The molecule has 3 nitrogen and oxygen atoms in total. The van der Waals surface area contributed by atoms with Crippen molar-refractivity contribution in [1.82, 2.24) is 0 Å². The van der Waals surface area contributed by atoms with Crippen molar-refractivity contribution in [2.45, 2.75) is 58.1 Å². The lowest BCUT2D eigenvalue weighted by molar-refractivity contribution is -0.114. The summed E-state index contributed by atoms with van der Waals surface area (Å²) in [6.45, 7) is 5.06. The van der Waals surface area contributed by atoms with Crippen LogP contribution in [0.2, 0.25) is 0 Å². The van der Waals surface area contributed by atoms with Gasteiger partial charge in [0.15, 0.2) is 0 Å². The van der Waals surface area contributed by atoms with E-state index in [9.17, 15) is 0 Å². The van der Waals surface area contributed by atoms with Crippen molar-refractivity contribution < 1.29 is 9.47 Å². The van der Waals surface area contributed by atoms with Gasteiger partial charge in [0.25, 0.3) is 0 Å². The summed E-state index contributed by atoms with van der Waals surface area (Å²) in [5, 5.41) is 3.75. The normalized spacial score (nSPS) is 26.6. The fourth-order valence-electron chi connectivity index (χ4n) is 4.21. The molecule has 2 unspecified atom stereocenters. The topological polar surface area (TPSA) is 30.5 Å². The highest BCUT2D eigenvalue weighted by Crippen LogP contribution is 2.56. The zero-order chi connectivity index (χ0) is 14.9. The van der Waals surface area contributed by atoms with Crippen molar-refractivity contribution in [2.75, 3.05) is 19.0 Å². The minimum absolute atomic E-state index is 0.352. The van der Waals surface area contributed by atoms with Crippen molar-refractivity contribution in [1.29, 1.82) is 0 Å². The molecule has 2 saturated carbocycles. The quantitative estimate of drug-likeness (QED) is 0.883. The second-order valence-electron chi connectivity index (χ2n) is 6.52. The predicted molar refractivity (Wildman–Crippen MR) is 86.1 cm³/mol. The Kier molecular flexibility index (Phi) is 4.12. The van der Waals surface area contributed by atoms with E-state index in [1.54, 1.807) is 7.11 Å². The van der Waals surface area contributed by atoms with E-state index in [1.807, 2.05) is 0 Å². The summed E-state index contributed by atoms with van der Waals surface area (Å²) in [6, 6.07) is 6.86. The van der Waals surface area contributed by atoms with Crippen LogP contribution in [0.25, 0.3) is 0 Å². The van der Waals surface area contributed by atoms with Crippen LogP contribution in [0, 0.1) is 12.3 Å². The van der Waals surface area contributed by atoms with Crippen molar-refractivity contribution in [2.24, 2.45) is 5.41 Å². The van der Waals surface area contributed by atoms with Gasteiger partial charge in [-0.1, -0.05) is 18.9 Å². The average molecular weight is 289 g/mol. The highest BCUT2D eigenvalue weighted by atomic mass is 16.5. The number of methoxy groups -OCH3 is 1. The van der Waals surface area contributed by atoms with Gasteiger partial charge in [-0.15, -0.1) is 0 Å². The monoisotopic (exact) mass is 289 g/mol. The standard InChI is InChI=1S/C18H27NO2/c1-4-21-17-12-16(18(17)9-5-6-10-18)19-14-11-13(2)7-8-15(14)20-3/h7-8,11,16-17,19H,4-6,9-10,12H2,1-3H3. The maximum absolute atomic E-state index is 5.99. The van der Waals surface area contributed by atoms with Gasteiger partial charge in [-0.05, 0) is 50.8 Å². The molecule has 0 radical (unpaired) electrons. The van der Waals surface area contributed by atoms with Gasteiger partial charge in [-0.3, -0.25) is 0 Å². The molecule has 0 aromatic heterocycles. The highest BCUT2D eigenvalue weighted by molar-refractivity contribution is 5.59. The highest BCUT2D eigenvalue weighted by Gasteiger charge is 2.56. The van der Waals surface area contributed by atoms with E-state index >= 15 is 0 Å². The first-order valence-electron chi connectivity index (χ1n) is 8.22. The van der Waals surface area contributed by atoms with Crippen LogP contribution in [0.4, 0.5) is 5.69 Å². The lowest BCUT2D eigenvalue weighted by Gasteiger charge is -2.54. The fraction of sp³-hybridized carbons (Fsp3) is 0.667.